The average Bonchev–Trinajstić information content (AvgIpc) is 3.85. The molecule has 1 unspecified atom stereocenters. The molecule has 346 valence electrons. The van der Waals surface area contributed by atoms with Crippen LogP contribution in [0.1, 0.15) is 77.0 Å². The highest BCUT2D eigenvalue weighted by molar-refractivity contribution is 6.12. The summed E-state index contributed by atoms with van der Waals surface area (Å²) in [7, 11) is 0. The lowest BCUT2D eigenvalue weighted by Gasteiger charge is -2.29. The van der Waals surface area contributed by atoms with Crippen LogP contribution in [-0.2, 0) is 72.2 Å². The Hall–Kier alpha value is -5.57. The minimum absolute atomic E-state index is 0.0438. The Labute approximate surface area is 367 Å². The maximum atomic E-state index is 13.1. The fourth-order valence-electron chi connectivity index (χ4n) is 6.63. The van der Waals surface area contributed by atoms with Crippen LogP contribution in [0.5, 0.6) is 0 Å². The van der Waals surface area contributed by atoms with Gasteiger partial charge in [-0.3, -0.25) is 38.5 Å². The van der Waals surface area contributed by atoms with Crippen LogP contribution in [0.4, 0.5) is 5.69 Å². The van der Waals surface area contributed by atoms with E-state index in [0.29, 0.717) is 82.9 Å². The number of carbonyl (C=O) groups is 7. The summed E-state index contributed by atoms with van der Waals surface area (Å²) in [6.07, 6.45) is 8.91. The summed E-state index contributed by atoms with van der Waals surface area (Å²) in [5.41, 5.74) is 6.89. The minimum atomic E-state index is -0.852. The van der Waals surface area contributed by atoms with Crippen molar-refractivity contribution in [2.24, 2.45) is 23.0 Å². The number of nitrogens with one attached hydrogen (secondary N) is 4. The summed E-state index contributed by atoms with van der Waals surface area (Å²) in [6, 6.07) is 6.00. The van der Waals surface area contributed by atoms with Crippen molar-refractivity contribution in [2.45, 2.75) is 91.5 Å². The summed E-state index contributed by atoms with van der Waals surface area (Å²) in [4.78, 5) is 87.6. The molecular weight excluding hydrogens is 819 g/mol. The van der Waals surface area contributed by atoms with Crippen LogP contribution in [0, 0.1) is 17.3 Å². The number of rotatable bonds is 27. The first kappa shape index (κ1) is 50.1. The lowest BCUT2D eigenvalue weighted by molar-refractivity contribution is -0.154. The minimum Gasteiger partial charge on any atom is -0.460 e. The highest BCUT2D eigenvalue weighted by Gasteiger charge is 2.31. The third kappa shape index (κ3) is 18.4. The van der Waals surface area contributed by atoms with Crippen molar-refractivity contribution in [2.75, 3.05) is 64.6 Å². The molecular formula is C43H63N9O11. The molecule has 1 aliphatic heterocycles. The Kier molecular flexibility index (Phi) is 20.8. The van der Waals surface area contributed by atoms with Crippen LogP contribution >= 0.6 is 0 Å². The first-order valence-electron chi connectivity index (χ1n) is 21.5. The Morgan fingerprint density at radius 2 is 1.54 bits per heavy atom. The second-order valence-electron chi connectivity index (χ2n) is 16.5. The Balaban J connectivity index is 0.994. The van der Waals surface area contributed by atoms with Crippen LogP contribution in [0.2, 0.25) is 0 Å². The van der Waals surface area contributed by atoms with E-state index >= 15 is 0 Å². The highest BCUT2D eigenvalue weighted by Crippen LogP contribution is 2.30. The van der Waals surface area contributed by atoms with E-state index in [9.17, 15) is 33.6 Å². The molecule has 4 rings (SSSR count). The van der Waals surface area contributed by atoms with E-state index in [4.69, 9.17) is 24.7 Å². The van der Waals surface area contributed by atoms with E-state index in [1.54, 1.807) is 55.9 Å². The average molecular weight is 882 g/mol. The normalized spacial score (nSPS) is 16.7. The van der Waals surface area contributed by atoms with E-state index in [1.807, 2.05) is 0 Å². The molecule has 0 saturated heterocycles. The van der Waals surface area contributed by atoms with Gasteiger partial charge in [0, 0.05) is 36.8 Å². The summed E-state index contributed by atoms with van der Waals surface area (Å²) in [6.45, 7) is 7.63. The highest BCUT2D eigenvalue weighted by atomic mass is 16.5. The van der Waals surface area contributed by atoms with Gasteiger partial charge in [-0.25, -0.2) is 4.68 Å². The van der Waals surface area contributed by atoms with Gasteiger partial charge in [0.1, 0.15) is 31.6 Å². The molecule has 20 heteroatoms. The van der Waals surface area contributed by atoms with E-state index in [-0.39, 0.29) is 68.4 Å². The first-order chi connectivity index (χ1) is 30.2. The van der Waals surface area contributed by atoms with E-state index in [1.165, 1.54) is 17.1 Å². The molecule has 1 fully saturated rings. The molecule has 1 saturated carbocycles. The van der Waals surface area contributed by atoms with Gasteiger partial charge in [-0.15, -0.1) is 5.10 Å². The van der Waals surface area contributed by atoms with Gasteiger partial charge in [-0.05, 0) is 95.9 Å². The summed E-state index contributed by atoms with van der Waals surface area (Å²) in [5, 5.41) is 19.2. The fourth-order valence-corrected chi connectivity index (χ4v) is 6.63. The van der Waals surface area contributed by atoms with Crippen molar-refractivity contribution >= 4 is 47.1 Å². The van der Waals surface area contributed by atoms with Gasteiger partial charge in [0.15, 0.2) is 0 Å². The SMILES string of the molecule is CC(C)(C)C(=O)OCc1ccc(NC(=O)C(CCCCN)NC(=O)COCC(=O)NCCOCCOCCn2cc(CNC(=O)C3CCC(CN4C(=O)C=CC4=O)CC3)nn2)cc1. The van der Waals surface area contributed by atoms with Gasteiger partial charge in [0.05, 0.1) is 51.1 Å². The Morgan fingerprint density at radius 1 is 0.857 bits per heavy atom. The quantitative estimate of drug-likeness (QED) is 0.0479. The first-order valence-corrected chi connectivity index (χ1v) is 21.5. The van der Waals surface area contributed by atoms with Crippen molar-refractivity contribution < 1.29 is 52.5 Å². The van der Waals surface area contributed by atoms with Gasteiger partial charge in [-0.2, -0.15) is 0 Å². The number of hydrogen-bond donors (Lipinski definition) is 5. The van der Waals surface area contributed by atoms with Gasteiger partial charge >= 0.3 is 5.97 Å². The van der Waals surface area contributed by atoms with E-state index < -0.39 is 35.8 Å². The summed E-state index contributed by atoms with van der Waals surface area (Å²) in [5.74, 6) is -2.24. The lowest BCUT2D eigenvalue weighted by Crippen LogP contribution is -2.45. The van der Waals surface area contributed by atoms with Crippen LogP contribution < -0.4 is 27.0 Å². The maximum absolute atomic E-state index is 13.1. The van der Waals surface area contributed by atoms with Crippen molar-refractivity contribution in [3.63, 3.8) is 0 Å². The zero-order chi connectivity index (χ0) is 45.6. The standard InChI is InChI=1S/C43H63N9O11/c1-43(2,3)42(59)63-27-31-9-13-33(14-10-31)47-41(58)35(6-4-5-17-44)48-37(54)29-62-28-36(53)45-18-20-60-22-23-61-21-19-51-26-34(49-50-51)24-46-40(57)32-11-7-30(8-12-32)25-52-38(55)15-16-39(52)56/h9-10,13-16,26,30,32,35H,4-8,11-12,17-25,27-29,44H2,1-3H3,(H,45,53)(H,46,57)(H,47,58)(H,48,54). The van der Waals surface area contributed by atoms with Crippen LogP contribution in [-0.4, -0.2) is 127 Å². The third-order valence-electron chi connectivity index (χ3n) is 10.3. The molecule has 2 aliphatic rings. The zero-order valence-electron chi connectivity index (χ0n) is 36.6. The Bertz CT molecular complexity index is 1840. The molecule has 1 atom stereocenters. The predicted molar refractivity (Wildman–Crippen MR) is 228 cm³/mol. The molecule has 20 nitrogen and oxygen atoms in total. The maximum Gasteiger partial charge on any atom is 0.311 e. The number of nitrogens with zero attached hydrogens (tertiary/aromatic N) is 4. The monoisotopic (exact) mass is 881 g/mol. The number of amides is 6. The van der Waals surface area contributed by atoms with Crippen molar-refractivity contribution in [3.05, 3.63) is 53.9 Å². The molecule has 0 bridgehead atoms. The summed E-state index contributed by atoms with van der Waals surface area (Å²) >= 11 is 0. The molecule has 6 amide bonds. The number of carbonyl (C=O) groups excluding carboxylic acids is 7. The fraction of sp³-hybridized carbons (Fsp3) is 0.605. The second-order valence-corrected chi connectivity index (χ2v) is 16.5. The van der Waals surface area contributed by atoms with Gasteiger partial charge < -0.3 is 45.9 Å². The number of imide groups is 1. The van der Waals surface area contributed by atoms with Crippen LogP contribution in [0.25, 0.3) is 0 Å². The van der Waals surface area contributed by atoms with Crippen molar-refractivity contribution in [1.82, 2.24) is 35.8 Å². The molecule has 1 aromatic carbocycles. The number of nitrogens with two attached hydrogens (primary N) is 1. The third-order valence-corrected chi connectivity index (χ3v) is 10.3. The summed E-state index contributed by atoms with van der Waals surface area (Å²) < 4.78 is 23.3. The molecule has 2 heterocycles. The van der Waals surface area contributed by atoms with Crippen LogP contribution in [0.3, 0.4) is 0 Å². The number of hydrogen-bond acceptors (Lipinski definition) is 14. The number of ether oxygens (including phenoxy) is 4. The number of benzene rings is 1. The molecule has 0 radical (unpaired) electrons. The smallest absolute Gasteiger partial charge is 0.311 e. The topological polar surface area (TPSA) is 264 Å². The van der Waals surface area contributed by atoms with Crippen molar-refractivity contribution in [1.29, 1.82) is 0 Å². The molecule has 1 aliphatic carbocycles. The number of aromatic nitrogens is 3. The number of anilines is 1. The number of unbranched alkanes of at least 4 members (excludes halogenated alkanes) is 1. The predicted octanol–water partition coefficient (Wildman–Crippen LogP) is 1.13. The Morgan fingerprint density at radius 3 is 2.22 bits per heavy atom. The molecule has 6 N–H and O–H groups in total. The lowest BCUT2D eigenvalue weighted by atomic mass is 9.81. The van der Waals surface area contributed by atoms with Gasteiger partial charge in [0.2, 0.25) is 23.6 Å². The molecule has 2 aromatic rings. The van der Waals surface area contributed by atoms with E-state index in [2.05, 4.69) is 31.6 Å². The van der Waals surface area contributed by atoms with Crippen LogP contribution in [0.15, 0.2) is 42.6 Å². The molecule has 1 aromatic heterocycles. The second kappa shape index (κ2) is 26.1. The van der Waals surface area contributed by atoms with E-state index in [0.717, 1.165) is 18.4 Å². The number of esters is 1. The molecule has 0 spiro atoms. The van der Waals surface area contributed by atoms with Gasteiger partial charge in [0.25, 0.3) is 11.8 Å². The van der Waals surface area contributed by atoms with Crippen molar-refractivity contribution in [3.8, 4) is 0 Å². The molecule has 63 heavy (non-hydrogen) atoms. The zero-order valence-corrected chi connectivity index (χ0v) is 36.6. The largest absolute Gasteiger partial charge is 0.460 e. The van der Waals surface area contributed by atoms with Gasteiger partial charge in [-0.1, -0.05) is 17.3 Å².